The molecule has 3 rings (SSSR count). The summed E-state index contributed by atoms with van der Waals surface area (Å²) in [5.41, 5.74) is 1.72. The molecule has 1 aliphatic rings. The minimum absolute atomic E-state index is 0.0991. The molecule has 2 atom stereocenters. The Morgan fingerprint density at radius 3 is 2.24 bits per heavy atom. The highest BCUT2D eigenvalue weighted by molar-refractivity contribution is 7.80. The first-order valence-corrected chi connectivity index (χ1v) is 11.6. The van der Waals surface area contributed by atoms with E-state index in [0.717, 1.165) is 11.1 Å². The van der Waals surface area contributed by atoms with Crippen molar-refractivity contribution in [2.45, 2.75) is 32.4 Å². The van der Waals surface area contributed by atoms with Gasteiger partial charge in [-0.2, -0.15) is 0 Å². The van der Waals surface area contributed by atoms with Crippen LogP contribution in [0.2, 0.25) is 0 Å². The van der Waals surface area contributed by atoms with Crippen LogP contribution < -0.4 is 24.8 Å². The van der Waals surface area contributed by atoms with E-state index in [4.69, 9.17) is 26.4 Å². The monoisotopic (exact) mass is 489 g/mol. The Hall–Kier alpha value is -3.07. The van der Waals surface area contributed by atoms with Gasteiger partial charge in [-0.25, -0.2) is 4.39 Å². The van der Waals surface area contributed by atoms with Gasteiger partial charge in [-0.3, -0.25) is 4.79 Å². The van der Waals surface area contributed by atoms with Crippen molar-refractivity contribution in [1.82, 2.24) is 15.5 Å². The molecule has 0 aliphatic carbocycles. The molecule has 0 saturated carbocycles. The van der Waals surface area contributed by atoms with Gasteiger partial charge in [0, 0.05) is 31.6 Å². The number of halogens is 1. The van der Waals surface area contributed by atoms with E-state index in [0.29, 0.717) is 42.0 Å². The van der Waals surface area contributed by atoms with Gasteiger partial charge in [-0.05, 0) is 61.5 Å². The van der Waals surface area contributed by atoms with E-state index in [2.05, 4.69) is 10.6 Å². The van der Waals surface area contributed by atoms with Crippen molar-refractivity contribution in [2.75, 3.05) is 34.4 Å². The van der Waals surface area contributed by atoms with Crippen molar-refractivity contribution in [1.29, 1.82) is 0 Å². The van der Waals surface area contributed by atoms with E-state index in [1.54, 1.807) is 33.5 Å². The summed E-state index contributed by atoms with van der Waals surface area (Å²) in [4.78, 5) is 15.3. The number of hydrogen-bond acceptors (Lipinski definition) is 5. The molecule has 0 bridgehead atoms. The fourth-order valence-corrected chi connectivity index (χ4v) is 4.53. The Kier molecular flexibility index (Phi) is 8.55. The Bertz CT molecular complexity index is 991. The van der Waals surface area contributed by atoms with Crippen LogP contribution in [-0.4, -0.2) is 56.4 Å². The first-order chi connectivity index (χ1) is 16.3. The lowest BCUT2D eigenvalue weighted by molar-refractivity contribution is -0.125. The topological polar surface area (TPSA) is 72.1 Å². The van der Waals surface area contributed by atoms with Gasteiger partial charge in [0.15, 0.2) is 16.6 Å². The third-order valence-electron chi connectivity index (χ3n) is 5.85. The zero-order valence-electron chi connectivity index (χ0n) is 20.2. The third kappa shape index (κ3) is 5.88. The van der Waals surface area contributed by atoms with Gasteiger partial charge >= 0.3 is 0 Å². The molecule has 1 saturated heterocycles. The number of carbonyl (C=O) groups excluding carboxylic acids is 1. The van der Waals surface area contributed by atoms with Gasteiger partial charge < -0.3 is 29.7 Å². The number of carbonyl (C=O) groups is 1. The second-order valence-corrected chi connectivity index (χ2v) is 8.91. The summed E-state index contributed by atoms with van der Waals surface area (Å²) in [7, 11) is 4.69. The summed E-state index contributed by atoms with van der Waals surface area (Å²) in [6.45, 7) is 5.38. The number of likely N-dealkylation sites (tertiary alicyclic amines) is 1. The molecule has 0 unspecified atom stereocenters. The number of nitrogens with one attached hydrogen (secondary N) is 2. The molecule has 0 radical (unpaired) electrons. The third-order valence-corrected chi connectivity index (χ3v) is 6.23. The molecule has 2 N–H and O–H groups in total. The summed E-state index contributed by atoms with van der Waals surface area (Å²) >= 11 is 5.60. The predicted molar refractivity (Wildman–Crippen MR) is 133 cm³/mol. The van der Waals surface area contributed by atoms with E-state index in [1.165, 1.54) is 12.1 Å². The summed E-state index contributed by atoms with van der Waals surface area (Å²) in [5.74, 6) is 0.627. The van der Waals surface area contributed by atoms with Crippen LogP contribution in [0, 0.1) is 11.7 Å². The van der Waals surface area contributed by atoms with E-state index >= 15 is 0 Å². The van der Waals surface area contributed by atoms with Gasteiger partial charge in [0.25, 0.3) is 0 Å². The maximum atomic E-state index is 13.3. The van der Waals surface area contributed by atoms with Crippen LogP contribution in [0.5, 0.6) is 17.2 Å². The zero-order chi connectivity index (χ0) is 24.8. The van der Waals surface area contributed by atoms with E-state index in [9.17, 15) is 9.18 Å². The molecule has 1 aliphatic heterocycles. The lowest BCUT2D eigenvalue weighted by atomic mass is 9.87. The average molecular weight is 490 g/mol. The maximum Gasteiger partial charge on any atom is 0.225 e. The highest BCUT2D eigenvalue weighted by Gasteiger charge is 2.40. The lowest BCUT2D eigenvalue weighted by Crippen LogP contribution is -2.42. The highest BCUT2D eigenvalue weighted by atomic mass is 32.1. The minimum atomic E-state index is -0.366. The van der Waals surface area contributed by atoms with Gasteiger partial charge in [0.1, 0.15) is 5.82 Å². The van der Waals surface area contributed by atoms with Crippen LogP contribution >= 0.6 is 12.2 Å². The second-order valence-electron chi connectivity index (χ2n) is 8.53. The maximum absolute atomic E-state index is 13.3. The highest BCUT2D eigenvalue weighted by Crippen LogP contribution is 2.43. The van der Waals surface area contributed by atoms with Crippen molar-refractivity contribution in [2.24, 2.45) is 5.92 Å². The number of rotatable bonds is 8. The molecule has 9 heteroatoms. The predicted octanol–water partition coefficient (Wildman–Crippen LogP) is 3.47. The van der Waals surface area contributed by atoms with Crippen LogP contribution in [0.15, 0.2) is 36.4 Å². The first kappa shape index (κ1) is 25.6. The Labute approximate surface area is 205 Å². The second kappa shape index (κ2) is 11.4. The molecule has 0 aromatic heterocycles. The van der Waals surface area contributed by atoms with E-state index in [-0.39, 0.29) is 29.6 Å². The summed E-state index contributed by atoms with van der Waals surface area (Å²) in [5, 5.41) is 6.88. The Balaban J connectivity index is 1.89. The van der Waals surface area contributed by atoms with Crippen LogP contribution in [-0.2, 0) is 11.3 Å². The quantitative estimate of drug-likeness (QED) is 0.550. The van der Waals surface area contributed by atoms with Crippen molar-refractivity contribution < 1.29 is 23.4 Å². The van der Waals surface area contributed by atoms with Crippen LogP contribution in [0.1, 0.15) is 30.9 Å². The van der Waals surface area contributed by atoms with E-state index < -0.39 is 0 Å². The number of benzene rings is 2. The SMILES string of the molecule is COc1cc([C@@H]2CN(C(=S)NC(C)C)C[C@@H]2C(=O)NCc2ccc(F)cc2)cc(OC)c1OC. The zero-order valence-corrected chi connectivity index (χ0v) is 21.0. The van der Waals surface area contributed by atoms with Gasteiger partial charge in [-0.1, -0.05) is 12.1 Å². The summed E-state index contributed by atoms with van der Waals surface area (Å²) < 4.78 is 29.7. The van der Waals surface area contributed by atoms with Crippen LogP contribution in [0.4, 0.5) is 4.39 Å². The largest absolute Gasteiger partial charge is 0.493 e. The molecule has 7 nitrogen and oxygen atoms in total. The molecular weight excluding hydrogens is 457 g/mol. The van der Waals surface area contributed by atoms with Crippen molar-refractivity contribution in [3.05, 3.63) is 53.3 Å². The molecular formula is C25H32FN3O4S. The first-order valence-electron chi connectivity index (χ1n) is 11.1. The van der Waals surface area contributed by atoms with E-state index in [1.807, 2.05) is 30.9 Å². The molecule has 1 amide bonds. The molecule has 1 heterocycles. The van der Waals surface area contributed by atoms with Crippen molar-refractivity contribution in [3.63, 3.8) is 0 Å². The van der Waals surface area contributed by atoms with Gasteiger partial charge in [0.05, 0.1) is 27.2 Å². The number of amides is 1. The van der Waals surface area contributed by atoms with Crippen LogP contribution in [0.3, 0.4) is 0 Å². The average Bonchev–Trinajstić information content (AvgIpc) is 3.28. The number of nitrogens with zero attached hydrogens (tertiary/aromatic N) is 1. The van der Waals surface area contributed by atoms with Crippen LogP contribution in [0.25, 0.3) is 0 Å². The number of methoxy groups -OCH3 is 3. The van der Waals surface area contributed by atoms with Gasteiger partial charge in [0.2, 0.25) is 11.7 Å². The fraction of sp³-hybridized carbons (Fsp3) is 0.440. The number of hydrogen-bond donors (Lipinski definition) is 2. The number of ether oxygens (including phenoxy) is 3. The van der Waals surface area contributed by atoms with Gasteiger partial charge in [-0.15, -0.1) is 0 Å². The Morgan fingerprint density at radius 1 is 1.09 bits per heavy atom. The van der Waals surface area contributed by atoms with Crippen molar-refractivity contribution in [3.8, 4) is 17.2 Å². The molecule has 2 aromatic rings. The molecule has 0 spiro atoms. The molecule has 1 fully saturated rings. The normalized spacial score (nSPS) is 17.4. The minimum Gasteiger partial charge on any atom is -0.493 e. The fourth-order valence-electron chi connectivity index (χ4n) is 4.15. The summed E-state index contributed by atoms with van der Waals surface area (Å²) in [6, 6.07) is 10.0. The molecule has 34 heavy (non-hydrogen) atoms. The molecule has 184 valence electrons. The smallest absolute Gasteiger partial charge is 0.225 e. The van der Waals surface area contributed by atoms with Crippen molar-refractivity contribution >= 4 is 23.2 Å². The lowest BCUT2D eigenvalue weighted by Gasteiger charge is -2.22. The molecule has 2 aromatic carbocycles. The standard InChI is InChI=1S/C25H32FN3O4S/c1-15(2)28-25(34)29-13-19(17-10-21(31-3)23(33-5)22(11-17)32-4)20(14-29)24(30)27-12-16-6-8-18(26)9-7-16/h6-11,15,19-20H,12-14H2,1-5H3,(H,27,30)(H,28,34)/t19-,20-/m0/s1. The number of thiocarbonyl (C=S) groups is 1. The summed E-state index contributed by atoms with van der Waals surface area (Å²) in [6.07, 6.45) is 0. The Morgan fingerprint density at radius 2 is 1.71 bits per heavy atom.